The van der Waals surface area contributed by atoms with Crippen molar-refractivity contribution in [1.29, 1.82) is 0 Å². The largest absolute Gasteiger partial charge is 0.204 e. The minimum atomic E-state index is 1.18. The Morgan fingerprint density at radius 3 is 2.05 bits per heavy atom. The molecular weight excluding hydrogens is 254 g/mol. The van der Waals surface area contributed by atoms with Gasteiger partial charge in [0.15, 0.2) is 6.20 Å². The van der Waals surface area contributed by atoms with E-state index in [0.29, 0.717) is 0 Å². The van der Waals surface area contributed by atoms with Gasteiger partial charge in [-0.15, -0.1) is 0 Å². The molecule has 2 aromatic carbocycles. The molecule has 21 heavy (non-hydrogen) atoms. The Morgan fingerprint density at radius 2 is 1.33 bits per heavy atom. The fraction of sp³-hybridized carbons (Fsp3) is 0.0500. The van der Waals surface area contributed by atoms with E-state index >= 15 is 0 Å². The molecule has 1 heteroatoms. The summed E-state index contributed by atoms with van der Waals surface area (Å²) < 4.78 is 2.11. The van der Waals surface area contributed by atoms with Crippen LogP contribution in [0.25, 0.3) is 23.3 Å². The first-order valence-corrected chi connectivity index (χ1v) is 7.11. The van der Waals surface area contributed by atoms with Gasteiger partial charge in [0, 0.05) is 18.2 Å². The summed E-state index contributed by atoms with van der Waals surface area (Å²) in [4.78, 5) is 0. The maximum absolute atomic E-state index is 2.17. The number of aromatic nitrogens is 1. The minimum Gasteiger partial charge on any atom is -0.202 e. The van der Waals surface area contributed by atoms with Gasteiger partial charge in [0.2, 0.25) is 5.69 Å². The smallest absolute Gasteiger partial charge is 0.202 e. The second-order valence-electron chi connectivity index (χ2n) is 5.06. The molecule has 102 valence electrons. The lowest BCUT2D eigenvalue weighted by molar-refractivity contribution is -0.673. The van der Waals surface area contributed by atoms with Gasteiger partial charge in [-0.1, -0.05) is 54.6 Å². The van der Waals surface area contributed by atoms with Crippen molar-refractivity contribution in [3.63, 3.8) is 0 Å². The maximum atomic E-state index is 2.17. The predicted molar refractivity (Wildman–Crippen MR) is 88.4 cm³/mol. The number of rotatable bonds is 3. The van der Waals surface area contributed by atoms with Crippen LogP contribution in [0.5, 0.6) is 0 Å². The highest BCUT2D eigenvalue weighted by Crippen LogP contribution is 2.19. The van der Waals surface area contributed by atoms with E-state index in [0.717, 1.165) is 0 Å². The molecule has 3 rings (SSSR count). The van der Waals surface area contributed by atoms with Gasteiger partial charge in [-0.2, -0.15) is 0 Å². The van der Waals surface area contributed by atoms with E-state index in [1.807, 2.05) is 12.1 Å². The van der Waals surface area contributed by atoms with Crippen LogP contribution in [0.2, 0.25) is 0 Å². The van der Waals surface area contributed by atoms with Gasteiger partial charge in [-0.25, -0.2) is 4.57 Å². The van der Waals surface area contributed by atoms with Crippen LogP contribution >= 0.6 is 0 Å². The van der Waals surface area contributed by atoms with Crippen molar-refractivity contribution in [2.75, 3.05) is 0 Å². The lowest BCUT2D eigenvalue weighted by Crippen LogP contribution is -2.30. The van der Waals surface area contributed by atoms with Crippen molar-refractivity contribution < 1.29 is 4.57 Å². The van der Waals surface area contributed by atoms with Crippen LogP contribution in [0.1, 0.15) is 11.3 Å². The molecule has 0 fully saturated rings. The summed E-state index contributed by atoms with van der Waals surface area (Å²) in [5.74, 6) is 0. The second kappa shape index (κ2) is 6.19. The number of benzene rings is 2. The second-order valence-corrected chi connectivity index (χ2v) is 5.06. The average molecular weight is 272 g/mol. The number of hydrogen-bond acceptors (Lipinski definition) is 0. The fourth-order valence-corrected chi connectivity index (χ4v) is 2.31. The zero-order valence-electron chi connectivity index (χ0n) is 12.1. The molecule has 0 aliphatic heterocycles. The maximum Gasteiger partial charge on any atom is 0.204 e. The predicted octanol–water partition coefficient (Wildman–Crippen LogP) is 4.35. The summed E-state index contributed by atoms with van der Waals surface area (Å²) in [7, 11) is 2.05. The highest BCUT2D eigenvalue weighted by Gasteiger charge is 1.99. The van der Waals surface area contributed by atoms with Crippen molar-refractivity contribution in [1.82, 2.24) is 0 Å². The van der Waals surface area contributed by atoms with Crippen molar-refractivity contribution in [3.05, 3.63) is 90.3 Å². The Balaban J connectivity index is 1.81. The van der Waals surface area contributed by atoms with Crippen LogP contribution in [-0.2, 0) is 7.05 Å². The Labute approximate surface area is 125 Å². The molecule has 0 saturated heterocycles. The van der Waals surface area contributed by atoms with Gasteiger partial charge < -0.3 is 0 Å². The van der Waals surface area contributed by atoms with E-state index in [-0.39, 0.29) is 0 Å². The third-order valence-corrected chi connectivity index (χ3v) is 3.56. The van der Waals surface area contributed by atoms with Gasteiger partial charge in [0.25, 0.3) is 0 Å². The molecule has 3 aromatic rings. The van der Waals surface area contributed by atoms with E-state index in [1.54, 1.807) is 0 Å². The highest BCUT2D eigenvalue weighted by molar-refractivity contribution is 5.70. The highest BCUT2D eigenvalue weighted by atomic mass is 14.9. The monoisotopic (exact) mass is 272 g/mol. The molecule has 0 saturated carbocycles. The number of aryl methyl sites for hydroxylation is 1. The summed E-state index contributed by atoms with van der Waals surface area (Å²) >= 11 is 0. The van der Waals surface area contributed by atoms with Gasteiger partial charge >= 0.3 is 0 Å². The molecule has 0 radical (unpaired) electrons. The Hall–Kier alpha value is -2.67. The molecule has 1 nitrogen and oxygen atoms in total. The summed E-state index contributed by atoms with van der Waals surface area (Å²) in [6.45, 7) is 0. The van der Waals surface area contributed by atoms with E-state index in [2.05, 4.69) is 90.6 Å². The zero-order valence-corrected chi connectivity index (χ0v) is 12.1. The Bertz CT molecular complexity index is 740. The van der Waals surface area contributed by atoms with Gasteiger partial charge in [0.1, 0.15) is 7.05 Å². The molecule has 0 amide bonds. The van der Waals surface area contributed by atoms with Crippen molar-refractivity contribution in [2.45, 2.75) is 0 Å². The van der Waals surface area contributed by atoms with E-state index in [9.17, 15) is 0 Å². The minimum absolute atomic E-state index is 1.18. The summed E-state index contributed by atoms with van der Waals surface area (Å²) in [6.07, 6.45) is 6.33. The molecule has 1 aromatic heterocycles. The first-order chi connectivity index (χ1) is 10.3. The van der Waals surface area contributed by atoms with Crippen molar-refractivity contribution in [2.24, 2.45) is 7.05 Å². The first-order valence-electron chi connectivity index (χ1n) is 7.11. The molecule has 0 atom stereocenters. The molecule has 0 aliphatic carbocycles. The van der Waals surface area contributed by atoms with Gasteiger partial charge in [0.05, 0.1) is 0 Å². The van der Waals surface area contributed by atoms with E-state index in [1.165, 1.54) is 22.4 Å². The van der Waals surface area contributed by atoms with Gasteiger partial charge in [-0.05, 0) is 28.8 Å². The fourth-order valence-electron chi connectivity index (χ4n) is 2.31. The topological polar surface area (TPSA) is 3.88 Å². The molecule has 1 heterocycles. The van der Waals surface area contributed by atoms with Crippen molar-refractivity contribution >= 4 is 12.2 Å². The Morgan fingerprint density at radius 1 is 0.667 bits per heavy atom. The van der Waals surface area contributed by atoms with Crippen LogP contribution in [0.15, 0.2) is 79.0 Å². The quantitative estimate of drug-likeness (QED) is 0.624. The summed E-state index contributed by atoms with van der Waals surface area (Å²) in [5, 5.41) is 0. The van der Waals surface area contributed by atoms with Crippen LogP contribution in [0.4, 0.5) is 0 Å². The first kappa shape index (κ1) is 13.3. The SMILES string of the molecule is C[n+]1ccccc1C=Cc1ccc(-c2ccccc2)cc1. The summed E-state index contributed by atoms with van der Waals surface area (Å²) in [5.41, 5.74) is 4.89. The van der Waals surface area contributed by atoms with Crippen LogP contribution in [0, 0.1) is 0 Å². The molecular formula is C20H18N+. The van der Waals surface area contributed by atoms with Crippen LogP contribution < -0.4 is 4.57 Å². The molecule has 0 aliphatic rings. The van der Waals surface area contributed by atoms with E-state index < -0.39 is 0 Å². The zero-order chi connectivity index (χ0) is 14.5. The average Bonchev–Trinajstić information content (AvgIpc) is 2.55. The molecule has 0 bridgehead atoms. The molecule has 0 N–H and O–H groups in total. The third kappa shape index (κ3) is 3.26. The van der Waals surface area contributed by atoms with Crippen molar-refractivity contribution in [3.8, 4) is 11.1 Å². The normalized spacial score (nSPS) is 10.9. The summed E-state index contributed by atoms with van der Waals surface area (Å²) in [6, 6.07) is 25.3. The molecule has 0 unspecified atom stereocenters. The number of pyridine rings is 1. The number of nitrogens with zero attached hydrogens (tertiary/aromatic N) is 1. The lowest BCUT2D eigenvalue weighted by atomic mass is 10.0. The molecule has 0 spiro atoms. The standard InChI is InChI=1S/C20H18N/c1-21-16-6-5-9-20(21)15-12-17-10-13-19(14-11-17)18-7-3-2-4-8-18/h2-16H,1H3/q+1. The number of hydrogen-bond donors (Lipinski definition) is 0. The lowest BCUT2D eigenvalue weighted by Gasteiger charge is -2.01. The van der Waals surface area contributed by atoms with Crippen LogP contribution in [0.3, 0.4) is 0 Å². The van der Waals surface area contributed by atoms with Crippen LogP contribution in [-0.4, -0.2) is 0 Å². The Kier molecular flexibility index (Phi) is 3.92. The third-order valence-electron chi connectivity index (χ3n) is 3.56. The van der Waals surface area contributed by atoms with E-state index in [4.69, 9.17) is 0 Å². The van der Waals surface area contributed by atoms with Gasteiger partial charge in [-0.3, -0.25) is 0 Å².